The number of fused-ring (bicyclic) bond motifs is 4. The Morgan fingerprint density at radius 2 is 2.12 bits per heavy atom. The van der Waals surface area contributed by atoms with Gasteiger partial charge in [0.25, 0.3) is 5.56 Å². The number of carbonyl (C=O) groups is 1. The van der Waals surface area contributed by atoms with Crippen LogP contribution in [0.1, 0.15) is 30.2 Å². The first kappa shape index (κ1) is 22.2. The topological polar surface area (TPSA) is 91.7 Å². The maximum absolute atomic E-state index is 13.5. The zero-order valence-corrected chi connectivity index (χ0v) is 20.1. The van der Waals surface area contributed by atoms with Crippen molar-refractivity contribution in [2.24, 2.45) is 0 Å². The molecule has 1 N–H and O–H groups in total. The maximum atomic E-state index is 13.5. The van der Waals surface area contributed by atoms with E-state index < -0.39 is 5.25 Å². The normalized spacial score (nSPS) is 15.5. The first-order valence-electron chi connectivity index (χ1n) is 11.0. The van der Waals surface area contributed by atoms with Crippen LogP contribution in [-0.4, -0.2) is 41.2 Å². The second kappa shape index (κ2) is 9.36. The number of aryl methyl sites for hydroxylation is 2. The quantitative estimate of drug-likeness (QED) is 0.400. The molecule has 3 heterocycles. The Bertz CT molecular complexity index is 1270. The number of anilines is 1. The Morgan fingerprint density at radius 3 is 2.97 bits per heavy atom. The van der Waals surface area contributed by atoms with Crippen molar-refractivity contribution in [3.05, 3.63) is 39.0 Å². The fourth-order valence-electron chi connectivity index (χ4n) is 4.12. The number of hydrogen-bond donors (Lipinski definition) is 1. The van der Waals surface area contributed by atoms with Crippen LogP contribution in [0.4, 0.5) is 5.69 Å². The highest BCUT2D eigenvalue weighted by molar-refractivity contribution is 8.00. The molecule has 0 spiro atoms. The fourth-order valence-corrected chi connectivity index (χ4v) is 6.36. The van der Waals surface area contributed by atoms with Gasteiger partial charge in [0, 0.05) is 23.7 Å². The van der Waals surface area contributed by atoms with Gasteiger partial charge >= 0.3 is 0 Å². The van der Waals surface area contributed by atoms with Gasteiger partial charge in [0.2, 0.25) is 12.7 Å². The van der Waals surface area contributed by atoms with Crippen LogP contribution in [0.3, 0.4) is 0 Å². The first-order valence-corrected chi connectivity index (χ1v) is 12.7. The molecule has 0 saturated heterocycles. The summed E-state index contributed by atoms with van der Waals surface area (Å²) < 4.78 is 17.6. The van der Waals surface area contributed by atoms with E-state index in [1.807, 2.05) is 6.92 Å². The van der Waals surface area contributed by atoms with Gasteiger partial charge in [0.05, 0.1) is 23.8 Å². The third-order valence-corrected chi connectivity index (χ3v) is 8.13. The van der Waals surface area contributed by atoms with E-state index in [4.69, 9.17) is 19.2 Å². The largest absolute Gasteiger partial charge is 0.454 e. The van der Waals surface area contributed by atoms with Crippen molar-refractivity contribution < 1.29 is 19.0 Å². The minimum atomic E-state index is -0.469. The summed E-state index contributed by atoms with van der Waals surface area (Å²) in [7, 11) is 1.61. The van der Waals surface area contributed by atoms with Gasteiger partial charge in [-0.25, -0.2) is 4.98 Å². The van der Waals surface area contributed by atoms with Gasteiger partial charge in [-0.1, -0.05) is 11.8 Å². The van der Waals surface area contributed by atoms with E-state index in [1.165, 1.54) is 16.6 Å². The molecule has 1 amide bonds. The van der Waals surface area contributed by atoms with Gasteiger partial charge in [-0.3, -0.25) is 14.2 Å². The molecule has 33 heavy (non-hydrogen) atoms. The van der Waals surface area contributed by atoms with E-state index in [1.54, 1.807) is 41.2 Å². The van der Waals surface area contributed by atoms with E-state index in [0.717, 1.165) is 41.5 Å². The lowest BCUT2D eigenvalue weighted by atomic mass is 9.97. The Kier molecular flexibility index (Phi) is 6.31. The molecule has 8 nitrogen and oxygen atoms in total. The van der Waals surface area contributed by atoms with Crippen LogP contribution in [-0.2, 0) is 28.9 Å². The number of nitrogens with zero attached hydrogens (tertiary/aromatic N) is 2. The molecule has 2 aliphatic rings. The van der Waals surface area contributed by atoms with E-state index in [0.29, 0.717) is 35.5 Å². The van der Waals surface area contributed by atoms with Crippen molar-refractivity contribution in [2.75, 3.05) is 25.8 Å². The molecule has 3 aromatic rings. The molecule has 1 aromatic carbocycles. The van der Waals surface area contributed by atoms with Crippen LogP contribution in [0.25, 0.3) is 10.2 Å². The summed E-state index contributed by atoms with van der Waals surface area (Å²) in [6, 6.07) is 5.29. The average Bonchev–Trinajstić information content (AvgIpc) is 3.42. The second-order valence-electron chi connectivity index (χ2n) is 8.05. The number of nitrogens with one attached hydrogen (secondary N) is 1. The smallest absolute Gasteiger partial charge is 0.263 e. The van der Waals surface area contributed by atoms with Gasteiger partial charge in [-0.05, 0) is 50.3 Å². The standard InChI is InChI=1S/C23H25N3O5S2/c1-13(20(27)24-14-7-8-16-17(11-14)31-12-30-16)32-23-25-21-19(22(28)26(23)9-10-29-2)15-5-3-4-6-18(15)33-21/h7-8,11,13H,3-6,9-10,12H2,1-2H3,(H,24,27). The number of thioether (sulfide) groups is 1. The second-order valence-corrected chi connectivity index (χ2v) is 10.4. The molecule has 0 fully saturated rings. The number of carbonyl (C=O) groups excluding carboxylic acids is 1. The first-order chi connectivity index (χ1) is 16.0. The summed E-state index contributed by atoms with van der Waals surface area (Å²) in [6.45, 7) is 2.77. The lowest BCUT2D eigenvalue weighted by molar-refractivity contribution is -0.115. The monoisotopic (exact) mass is 487 g/mol. The summed E-state index contributed by atoms with van der Waals surface area (Å²) in [5.41, 5.74) is 1.75. The molecular formula is C23H25N3O5S2. The Labute approximate surface area is 199 Å². The molecule has 5 rings (SSSR count). The lowest BCUT2D eigenvalue weighted by Crippen LogP contribution is -2.28. The van der Waals surface area contributed by atoms with Crippen molar-refractivity contribution in [3.8, 4) is 11.5 Å². The van der Waals surface area contributed by atoms with E-state index >= 15 is 0 Å². The Morgan fingerprint density at radius 1 is 1.30 bits per heavy atom. The predicted molar refractivity (Wildman–Crippen MR) is 129 cm³/mol. The number of thiophene rings is 1. The lowest BCUT2D eigenvalue weighted by Gasteiger charge is -2.16. The SMILES string of the molecule is COCCn1c(SC(C)C(=O)Nc2ccc3c(c2)OCO3)nc2sc3c(c2c1=O)CCCC3. The zero-order chi connectivity index (χ0) is 22.9. The molecule has 1 unspecified atom stereocenters. The van der Waals surface area contributed by atoms with Crippen molar-refractivity contribution in [1.82, 2.24) is 9.55 Å². The van der Waals surface area contributed by atoms with Crippen LogP contribution in [0.15, 0.2) is 28.2 Å². The number of rotatable bonds is 7. The number of amides is 1. The molecule has 10 heteroatoms. The van der Waals surface area contributed by atoms with E-state index in [2.05, 4.69) is 5.32 Å². The van der Waals surface area contributed by atoms with Crippen molar-refractivity contribution in [1.29, 1.82) is 0 Å². The number of aromatic nitrogens is 2. The Balaban J connectivity index is 1.42. The zero-order valence-electron chi connectivity index (χ0n) is 18.5. The fraction of sp³-hybridized carbons (Fsp3) is 0.435. The van der Waals surface area contributed by atoms with E-state index in [9.17, 15) is 9.59 Å². The minimum absolute atomic E-state index is 0.0395. The van der Waals surface area contributed by atoms with Gasteiger partial charge in [0.1, 0.15) is 4.83 Å². The van der Waals surface area contributed by atoms with Crippen molar-refractivity contribution >= 4 is 44.9 Å². The van der Waals surface area contributed by atoms with Crippen LogP contribution < -0.4 is 20.3 Å². The molecular weight excluding hydrogens is 462 g/mol. The van der Waals surface area contributed by atoms with Crippen LogP contribution >= 0.6 is 23.1 Å². The van der Waals surface area contributed by atoms with Gasteiger partial charge in [-0.15, -0.1) is 11.3 Å². The number of ether oxygens (including phenoxy) is 3. The summed E-state index contributed by atoms with van der Waals surface area (Å²) in [5, 5.41) is 3.73. The highest BCUT2D eigenvalue weighted by Gasteiger charge is 2.25. The Hall–Kier alpha value is -2.56. The highest BCUT2D eigenvalue weighted by Crippen LogP contribution is 2.36. The summed E-state index contributed by atoms with van der Waals surface area (Å²) >= 11 is 2.90. The molecule has 174 valence electrons. The van der Waals surface area contributed by atoms with Crippen molar-refractivity contribution in [3.63, 3.8) is 0 Å². The van der Waals surface area contributed by atoms with Crippen LogP contribution in [0.2, 0.25) is 0 Å². The number of hydrogen-bond acceptors (Lipinski definition) is 8. The minimum Gasteiger partial charge on any atom is -0.454 e. The van der Waals surface area contributed by atoms with Crippen molar-refractivity contribution in [2.45, 2.75) is 49.6 Å². The molecule has 2 aromatic heterocycles. The van der Waals surface area contributed by atoms with E-state index in [-0.39, 0.29) is 18.3 Å². The third kappa shape index (κ3) is 4.34. The molecule has 0 saturated carbocycles. The highest BCUT2D eigenvalue weighted by atomic mass is 32.2. The summed E-state index contributed by atoms with van der Waals surface area (Å²) in [6.07, 6.45) is 4.18. The molecule has 1 aliphatic carbocycles. The van der Waals surface area contributed by atoms with Crippen LogP contribution in [0.5, 0.6) is 11.5 Å². The predicted octanol–water partition coefficient (Wildman–Crippen LogP) is 3.83. The van der Waals surface area contributed by atoms with Crippen LogP contribution in [0, 0.1) is 0 Å². The molecule has 1 atom stereocenters. The average molecular weight is 488 g/mol. The number of benzene rings is 1. The molecule has 0 bridgehead atoms. The van der Waals surface area contributed by atoms with Gasteiger partial charge in [-0.2, -0.15) is 0 Å². The molecule has 1 aliphatic heterocycles. The van der Waals surface area contributed by atoms with Gasteiger partial charge in [0.15, 0.2) is 16.7 Å². The maximum Gasteiger partial charge on any atom is 0.263 e. The van der Waals surface area contributed by atoms with Gasteiger partial charge < -0.3 is 19.5 Å². The summed E-state index contributed by atoms with van der Waals surface area (Å²) in [5.74, 6) is 1.08. The molecule has 0 radical (unpaired) electrons. The summed E-state index contributed by atoms with van der Waals surface area (Å²) in [4.78, 5) is 33.3. The third-order valence-electron chi connectivity index (χ3n) is 5.85. The number of methoxy groups -OCH3 is 1.